The number of benzene rings is 2. The predicted octanol–water partition coefficient (Wildman–Crippen LogP) is 5.06. The van der Waals surface area contributed by atoms with Gasteiger partial charge in [0.2, 0.25) is 5.91 Å². The first-order valence-electron chi connectivity index (χ1n) is 13.3. The third-order valence-electron chi connectivity index (χ3n) is 7.35. The van der Waals surface area contributed by atoms with E-state index < -0.39 is 5.92 Å². The lowest BCUT2D eigenvalue weighted by molar-refractivity contribution is -0.132. The van der Waals surface area contributed by atoms with Crippen LogP contribution in [0.1, 0.15) is 42.9 Å². The molecular formula is C30H32F2N4O2. The lowest BCUT2D eigenvalue weighted by Gasteiger charge is -2.36. The number of anilines is 1. The van der Waals surface area contributed by atoms with E-state index >= 15 is 0 Å². The molecule has 2 aliphatic rings. The quantitative estimate of drug-likeness (QED) is 0.396. The summed E-state index contributed by atoms with van der Waals surface area (Å²) in [4.78, 5) is 38.4. The Hall–Kier alpha value is -3.68. The SMILES string of the molecule is CCC(F)(F)c1ccc(CC(=O)Cc2ccc(-c3nccnc3N3CCN(C(=O)C4CC4)CC3)cc2)cc1. The van der Waals surface area contributed by atoms with E-state index in [0.717, 1.165) is 41.0 Å². The minimum atomic E-state index is -2.85. The molecule has 1 aliphatic carbocycles. The maximum absolute atomic E-state index is 13.8. The Kier molecular flexibility index (Phi) is 7.49. The Morgan fingerprint density at radius 3 is 2.03 bits per heavy atom. The van der Waals surface area contributed by atoms with Gasteiger partial charge < -0.3 is 9.80 Å². The highest BCUT2D eigenvalue weighted by Gasteiger charge is 2.35. The van der Waals surface area contributed by atoms with E-state index in [4.69, 9.17) is 0 Å². The molecule has 0 spiro atoms. The fourth-order valence-corrected chi connectivity index (χ4v) is 4.86. The first-order chi connectivity index (χ1) is 18.3. The fraction of sp³-hybridized carbons (Fsp3) is 0.400. The summed E-state index contributed by atoms with van der Waals surface area (Å²) >= 11 is 0. The number of ketones is 1. The molecule has 8 heteroatoms. The normalized spacial score (nSPS) is 16.0. The van der Waals surface area contributed by atoms with Crippen molar-refractivity contribution in [2.24, 2.45) is 5.92 Å². The minimum Gasteiger partial charge on any atom is -0.351 e. The van der Waals surface area contributed by atoms with E-state index in [0.29, 0.717) is 26.2 Å². The van der Waals surface area contributed by atoms with E-state index in [1.165, 1.54) is 19.1 Å². The van der Waals surface area contributed by atoms with Crippen molar-refractivity contribution in [2.75, 3.05) is 31.1 Å². The summed E-state index contributed by atoms with van der Waals surface area (Å²) in [6.07, 6.45) is 5.59. The van der Waals surface area contributed by atoms with Crippen molar-refractivity contribution in [1.29, 1.82) is 0 Å². The summed E-state index contributed by atoms with van der Waals surface area (Å²) in [5.74, 6) is -1.52. The van der Waals surface area contributed by atoms with Crippen LogP contribution in [-0.4, -0.2) is 52.7 Å². The molecule has 1 saturated heterocycles. The van der Waals surface area contributed by atoms with Crippen LogP contribution >= 0.6 is 0 Å². The molecule has 0 N–H and O–H groups in total. The van der Waals surface area contributed by atoms with Crippen LogP contribution in [0.25, 0.3) is 11.3 Å². The molecule has 2 heterocycles. The largest absolute Gasteiger partial charge is 0.351 e. The average Bonchev–Trinajstić information content (AvgIpc) is 3.79. The van der Waals surface area contributed by atoms with Gasteiger partial charge in [0.15, 0.2) is 5.82 Å². The molecule has 3 aromatic rings. The Balaban J connectivity index is 1.20. The highest BCUT2D eigenvalue weighted by Crippen LogP contribution is 2.33. The van der Waals surface area contributed by atoms with Crippen LogP contribution in [0.4, 0.5) is 14.6 Å². The molecule has 0 bridgehead atoms. The zero-order valence-electron chi connectivity index (χ0n) is 21.6. The molecule has 0 atom stereocenters. The molecule has 38 heavy (non-hydrogen) atoms. The molecule has 1 saturated carbocycles. The Morgan fingerprint density at radius 1 is 0.868 bits per heavy atom. The van der Waals surface area contributed by atoms with Crippen molar-refractivity contribution in [3.63, 3.8) is 0 Å². The molecule has 0 unspecified atom stereocenters. The van der Waals surface area contributed by atoms with Crippen molar-refractivity contribution in [3.05, 3.63) is 77.6 Å². The molecule has 1 aliphatic heterocycles. The van der Waals surface area contributed by atoms with Gasteiger partial charge in [0.25, 0.3) is 5.92 Å². The average molecular weight is 519 g/mol. The molecule has 5 rings (SSSR count). The van der Waals surface area contributed by atoms with Gasteiger partial charge in [-0.1, -0.05) is 55.5 Å². The van der Waals surface area contributed by atoms with Gasteiger partial charge in [-0.25, -0.2) is 13.8 Å². The number of nitrogens with zero attached hydrogens (tertiary/aromatic N) is 4. The van der Waals surface area contributed by atoms with Crippen molar-refractivity contribution >= 4 is 17.5 Å². The van der Waals surface area contributed by atoms with Gasteiger partial charge in [0, 0.05) is 74.9 Å². The molecule has 1 amide bonds. The first-order valence-corrected chi connectivity index (χ1v) is 13.3. The minimum absolute atomic E-state index is 0.0200. The number of carbonyl (C=O) groups is 2. The van der Waals surface area contributed by atoms with Gasteiger partial charge in [-0.05, 0) is 24.0 Å². The number of amides is 1. The van der Waals surface area contributed by atoms with Gasteiger partial charge in [0.05, 0.1) is 0 Å². The second kappa shape index (κ2) is 11.0. The van der Waals surface area contributed by atoms with Crippen LogP contribution in [0, 0.1) is 5.92 Å². The molecule has 1 aromatic heterocycles. The third-order valence-corrected chi connectivity index (χ3v) is 7.35. The number of halogens is 2. The van der Waals surface area contributed by atoms with E-state index in [1.807, 2.05) is 29.2 Å². The Labute approximate surface area is 221 Å². The monoisotopic (exact) mass is 518 g/mol. The Morgan fingerprint density at radius 2 is 1.45 bits per heavy atom. The number of piperazine rings is 1. The summed E-state index contributed by atoms with van der Waals surface area (Å²) in [5.41, 5.74) is 3.27. The molecular weight excluding hydrogens is 486 g/mol. The van der Waals surface area contributed by atoms with Crippen molar-refractivity contribution < 1.29 is 18.4 Å². The van der Waals surface area contributed by atoms with Crippen molar-refractivity contribution in [2.45, 2.75) is 45.0 Å². The molecule has 2 fully saturated rings. The molecule has 0 radical (unpaired) electrons. The van der Waals surface area contributed by atoms with Gasteiger partial charge in [-0.15, -0.1) is 0 Å². The van der Waals surface area contributed by atoms with Crippen LogP contribution in [0.2, 0.25) is 0 Å². The second-order valence-electron chi connectivity index (χ2n) is 10.2. The van der Waals surface area contributed by atoms with Gasteiger partial charge in [-0.2, -0.15) is 0 Å². The van der Waals surface area contributed by atoms with Gasteiger partial charge >= 0.3 is 0 Å². The zero-order chi connectivity index (χ0) is 26.7. The van der Waals surface area contributed by atoms with Crippen LogP contribution < -0.4 is 4.90 Å². The Bertz CT molecular complexity index is 1280. The summed E-state index contributed by atoms with van der Waals surface area (Å²) < 4.78 is 27.7. The fourth-order valence-electron chi connectivity index (χ4n) is 4.86. The third kappa shape index (κ3) is 5.90. The molecule has 6 nitrogen and oxygen atoms in total. The summed E-state index contributed by atoms with van der Waals surface area (Å²) in [6, 6.07) is 13.8. The van der Waals surface area contributed by atoms with E-state index in [1.54, 1.807) is 24.5 Å². The summed E-state index contributed by atoms with van der Waals surface area (Å²) in [5, 5.41) is 0. The zero-order valence-corrected chi connectivity index (χ0v) is 21.6. The number of rotatable bonds is 9. The van der Waals surface area contributed by atoms with Crippen molar-refractivity contribution in [3.8, 4) is 11.3 Å². The molecule has 2 aromatic carbocycles. The van der Waals surface area contributed by atoms with E-state index in [9.17, 15) is 18.4 Å². The predicted molar refractivity (Wildman–Crippen MR) is 142 cm³/mol. The number of Topliss-reactive ketones (excluding diaryl/α,β-unsaturated/α-hetero) is 1. The highest BCUT2D eigenvalue weighted by atomic mass is 19.3. The molecule has 198 valence electrons. The number of carbonyl (C=O) groups excluding carboxylic acids is 2. The maximum Gasteiger partial charge on any atom is 0.273 e. The van der Waals surface area contributed by atoms with E-state index in [-0.39, 0.29) is 42.4 Å². The van der Waals surface area contributed by atoms with Crippen LogP contribution in [0.3, 0.4) is 0 Å². The van der Waals surface area contributed by atoms with Crippen LogP contribution in [0.15, 0.2) is 60.9 Å². The van der Waals surface area contributed by atoms with Gasteiger partial charge in [0.1, 0.15) is 11.5 Å². The number of alkyl halides is 2. The number of hydrogen-bond acceptors (Lipinski definition) is 5. The number of aromatic nitrogens is 2. The second-order valence-corrected chi connectivity index (χ2v) is 10.2. The maximum atomic E-state index is 13.8. The topological polar surface area (TPSA) is 66.4 Å². The van der Waals surface area contributed by atoms with Crippen LogP contribution in [0.5, 0.6) is 0 Å². The first kappa shape index (κ1) is 25.9. The van der Waals surface area contributed by atoms with Crippen LogP contribution in [-0.2, 0) is 28.4 Å². The van der Waals surface area contributed by atoms with E-state index in [2.05, 4.69) is 14.9 Å². The highest BCUT2D eigenvalue weighted by molar-refractivity contribution is 5.83. The van der Waals surface area contributed by atoms with Crippen molar-refractivity contribution in [1.82, 2.24) is 14.9 Å². The number of hydrogen-bond donors (Lipinski definition) is 0. The smallest absolute Gasteiger partial charge is 0.273 e. The lowest BCUT2D eigenvalue weighted by atomic mass is 9.99. The lowest BCUT2D eigenvalue weighted by Crippen LogP contribution is -2.49. The summed E-state index contributed by atoms with van der Waals surface area (Å²) in [7, 11) is 0. The van der Waals surface area contributed by atoms with Gasteiger partial charge in [-0.3, -0.25) is 14.6 Å². The standard InChI is InChI=1S/C30H32F2N4O2/c1-2-30(31,32)25-11-5-22(6-12-25)20-26(37)19-21-3-7-23(8-4-21)27-28(34-14-13-33-27)35-15-17-36(18-16-35)29(38)24-9-10-24/h3-8,11-14,24H,2,9-10,15-20H2,1H3. The summed E-state index contributed by atoms with van der Waals surface area (Å²) in [6.45, 7) is 4.27.